The molecule has 4 rings (SSSR count). The molecule has 0 fully saturated rings. The molecule has 3 heterocycles. The van der Waals surface area contributed by atoms with E-state index in [0.717, 1.165) is 16.9 Å². The fourth-order valence-corrected chi connectivity index (χ4v) is 4.11. The highest BCUT2D eigenvalue weighted by atomic mass is 32.2. The van der Waals surface area contributed by atoms with Crippen LogP contribution in [-0.4, -0.2) is 24.0 Å². The zero-order chi connectivity index (χ0) is 14.4. The second kappa shape index (κ2) is 4.39. The van der Waals surface area contributed by atoms with Crippen LogP contribution >= 0.6 is 11.8 Å². The number of fused-ring (bicyclic) bond motifs is 4. The Morgan fingerprint density at radius 3 is 3.10 bits per heavy atom. The van der Waals surface area contributed by atoms with Gasteiger partial charge in [0.1, 0.15) is 11.9 Å². The first-order chi connectivity index (χ1) is 10.2. The summed E-state index contributed by atoms with van der Waals surface area (Å²) >= 11 is 1.52. The number of aliphatic imine (C=N–C) groups is 2. The van der Waals surface area contributed by atoms with Gasteiger partial charge in [-0.2, -0.15) is 0 Å². The number of nitrogens with two attached hydrogens (primary N) is 2. The molecule has 2 atom stereocenters. The van der Waals surface area contributed by atoms with Gasteiger partial charge in [-0.25, -0.2) is 4.99 Å². The number of hydrogen-bond acceptors (Lipinski definition) is 6. The Bertz CT molecular complexity index is 737. The third-order valence-electron chi connectivity index (χ3n) is 3.86. The fourth-order valence-electron chi connectivity index (χ4n) is 2.95. The van der Waals surface area contributed by atoms with E-state index in [2.05, 4.69) is 16.1 Å². The SMILES string of the molecule is NC1=NC=CC2(S1)C1=CC=NCC1Oc1ccc(N)cc12. The molecule has 3 aliphatic rings. The van der Waals surface area contributed by atoms with Crippen LogP contribution in [0.4, 0.5) is 5.69 Å². The molecule has 1 aromatic carbocycles. The number of amidine groups is 1. The Hall–Kier alpha value is -2.21. The monoisotopic (exact) mass is 298 g/mol. The van der Waals surface area contributed by atoms with E-state index in [0.29, 0.717) is 17.4 Å². The molecule has 1 spiro atoms. The van der Waals surface area contributed by atoms with E-state index in [4.69, 9.17) is 16.2 Å². The normalized spacial score (nSPS) is 29.2. The molecule has 106 valence electrons. The quantitative estimate of drug-likeness (QED) is 0.715. The van der Waals surface area contributed by atoms with E-state index in [1.165, 1.54) is 11.8 Å². The lowest BCUT2D eigenvalue weighted by atomic mass is 9.82. The maximum atomic E-state index is 6.09. The highest BCUT2D eigenvalue weighted by Crippen LogP contribution is 2.54. The minimum absolute atomic E-state index is 0.0748. The standard InChI is InChI=1S/C15H14N4OS/c16-9-1-2-12-11(7-9)15(4-6-19-14(17)21-15)10-3-5-18-8-13(10)20-12/h1-7,13H,8,16H2,(H2,17,19). The van der Waals surface area contributed by atoms with Gasteiger partial charge in [0.25, 0.3) is 0 Å². The van der Waals surface area contributed by atoms with Crippen molar-refractivity contribution in [3.05, 3.63) is 47.7 Å². The maximum Gasteiger partial charge on any atom is 0.160 e. The van der Waals surface area contributed by atoms with E-state index in [1.54, 1.807) is 6.20 Å². The van der Waals surface area contributed by atoms with E-state index in [9.17, 15) is 0 Å². The molecule has 0 amide bonds. The third-order valence-corrected chi connectivity index (χ3v) is 5.08. The summed E-state index contributed by atoms with van der Waals surface area (Å²) in [5.41, 5.74) is 14.8. The van der Waals surface area contributed by atoms with Crippen LogP contribution in [0.25, 0.3) is 0 Å². The van der Waals surface area contributed by atoms with Crippen LogP contribution in [0.15, 0.2) is 52.1 Å². The summed E-state index contributed by atoms with van der Waals surface area (Å²) in [7, 11) is 0. The molecule has 0 saturated heterocycles. The number of nitrogen functional groups attached to an aromatic ring is 1. The first kappa shape index (κ1) is 12.5. The van der Waals surface area contributed by atoms with Crippen LogP contribution in [-0.2, 0) is 4.75 Å². The molecular formula is C15H14N4OS. The van der Waals surface area contributed by atoms with E-state index in [-0.39, 0.29) is 6.10 Å². The Kier molecular flexibility index (Phi) is 2.62. The Balaban J connectivity index is 1.98. The van der Waals surface area contributed by atoms with Gasteiger partial charge in [-0.1, -0.05) is 11.8 Å². The van der Waals surface area contributed by atoms with E-state index >= 15 is 0 Å². The Morgan fingerprint density at radius 2 is 2.24 bits per heavy atom. The van der Waals surface area contributed by atoms with Crippen LogP contribution in [0.1, 0.15) is 5.56 Å². The van der Waals surface area contributed by atoms with Gasteiger partial charge in [0.15, 0.2) is 5.17 Å². The fraction of sp³-hybridized carbons (Fsp3) is 0.200. The van der Waals surface area contributed by atoms with Crippen LogP contribution < -0.4 is 16.2 Å². The van der Waals surface area contributed by atoms with Gasteiger partial charge in [0.05, 0.1) is 11.3 Å². The van der Waals surface area contributed by atoms with Gasteiger partial charge >= 0.3 is 0 Å². The van der Waals surface area contributed by atoms with Crippen molar-refractivity contribution in [2.24, 2.45) is 15.7 Å². The van der Waals surface area contributed by atoms with Crippen molar-refractivity contribution >= 4 is 28.8 Å². The molecule has 0 aliphatic carbocycles. The summed E-state index contributed by atoms with van der Waals surface area (Å²) in [6.07, 6.45) is 7.58. The number of allylic oxidation sites excluding steroid dienone is 1. The third kappa shape index (κ3) is 1.79. The van der Waals surface area contributed by atoms with E-state index < -0.39 is 4.75 Å². The van der Waals surface area contributed by atoms with E-state index in [1.807, 2.05) is 30.5 Å². The summed E-state index contributed by atoms with van der Waals surface area (Å²) in [4.78, 5) is 8.46. The lowest BCUT2D eigenvalue weighted by molar-refractivity contribution is 0.218. The predicted octanol–water partition coefficient (Wildman–Crippen LogP) is 1.81. The van der Waals surface area contributed by atoms with Gasteiger partial charge in [0, 0.05) is 23.7 Å². The molecule has 0 saturated carbocycles. The average molecular weight is 298 g/mol. The van der Waals surface area contributed by atoms with Crippen LogP contribution in [0.5, 0.6) is 5.75 Å². The number of dihydropyridines is 1. The second-order valence-corrected chi connectivity index (χ2v) is 6.39. The first-order valence-corrected chi connectivity index (χ1v) is 7.48. The minimum Gasteiger partial charge on any atom is -0.484 e. The molecule has 1 aromatic rings. The molecule has 6 heteroatoms. The van der Waals surface area contributed by atoms with Crippen LogP contribution in [0.2, 0.25) is 0 Å². The zero-order valence-electron chi connectivity index (χ0n) is 11.2. The number of anilines is 1. The van der Waals surface area contributed by atoms with Crippen molar-refractivity contribution in [1.29, 1.82) is 0 Å². The second-order valence-electron chi connectivity index (χ2n) is 5.12. The molecular weight excluding hydrogens is 284 g/mol. The number of rotatable bonds is 0. The molecule has 3 aliphatic heterocycles. The lowest BCUT2D eigenvalue weighted by Crippen LogP contribution is -2.43. The summed E-state index contributed by atoms with van der Waals surface area (Å²) in [6.45, 7) is 0.614. The number of ether oxygens (including phenoxy) is 1. The van der Waals surface area contributed by atoms with Crippen molar-refractivity contribution in [1.82, 2.24) is 0 Å². The van der Waals surface area contributed by atoms with Gasteiger partial charge in [-0.05, 0) is 35.9 Å². The van der Waals surface area contributed by atoms with Gasteiger partial charge in [-0.3, -0.25) is 4.99 Å². The molecule has 4 N–H and O–H groups in total. The van der Waals surface area contributed by atoms with Crippen LogP contribution in [0.3, 0.4) is 0 Å². The van der Waals surface area contributed by atoms with Crippen molar-refractivity contribution < 1.29 is 4.74 Å². The van der Waals surface area contributed by atoms with Crippen molar-refractivity contribution in [2.75, 3.05) is 12.3 Å². The number of thioether (sulfide) groups is 1. The zero-order valence-corrected chi connectivity index (χ0v) is 12.0. The van der Waals surface area contributed by atoms with Crippen LogP contribution in [0, 0.1) is 0 Å². The smallest absolute Gasteiger partial charge is 0.160 e. The molecule has 21 heavy (non-hydrogen) atoms. The summed E-state index contributed by atoms with van der Waals surface area (Å²) in [5, 5.41) is 0.537. The molecule has 2 unspecified atom stereocenters. The average Bonchev–Trinajstić information content (AvgIpc) is 2.49. The minimum atomic E-state index is -0.411. The Labute approximate surface area is 126 Å². The molecule has 0 bridgehead atoms. The highest BCUT2D eigenvalue weighted by Gasteiger charge is 2.47. The highest BCUT2D eigenvalue weighted by molar-refractivity contribution is 8.15. The number of nitrogens with zero attached hydrogens (tertiary/aromatic N) is 2. The van der Waals surface area contributed by atoms with Crippen molar-refractivity contribution in [3.63, 3.8) is 0 Å². The molecule has 0 aromatic heterocycles. The molecule has 0 radical (unpaired) electrons. The van der Waals surface area contributed by atoms with Gasteiger partial charge < -0.3 is 16.2 Å². The van der Waals surface area contributed by atoms with Crippen molar-refractivity contribution in [2.45, 2.75) is 10.9 Å². The summed E-state index contributed by atoms with van der Waals surface area (Å²) in [5.74, 6) is 0.829. The number of benzene rings is 1. The lowest BCUT2D eigenvalue weighted by Gasteiger charge is -2.43. The molecule has 5 nitrogen and oxygen atoms in total. The van der Waals surface area contributed by atoms with Gasteiger partial charge in [-0.15, -0.1) is 0 Å². The summed E-state index contributed by atoms with van der Waals surface area (Å²) < 4.78 is 5.68. The van der Waals surface area contributed by atoms with Crippen molar-refractivity contribution in [3.8, 4) is 5.75 Å². The topological polar surface area (TPSA) is 86.0 Å². The summed E-state index contributed by atoms with van der Waals surface area (Å²) in [6, 6.07) is 5.72. The maximum absolute atomic E-state index is 6.09. The largest absolute Gasteiger partial charge is 0.484 e. The van der Waals surface area contributed by atoms with Gasteiger partial charge in [0.2, 0.25) is 0 Å². The number of hydrogen-bond donors (Lipinski definition) is 2. The predicted molar refractivity (Wildman–Crippen MR) is 86.7 cm³/mol. The Morgan fingerprint density at radius 1 is 1.33 bits per heavy atom. The first-order valence-electron chi connectivity index (χ1n) is 6.66.